The van der Waals surface area contributed by atoms with E-state index in [0.29, 0.717) is 11.6 Å². The van der Waals surface area contributed by atoms with Gasteiger partial charge in [-0.05, 0) is 38.1 Å². The number of aromatic nitrogens is 2. The maximum atomic E-state index is 12.8. The van der Waals surface area contributed by atoms with Crippen LogP contribution < -0.4 is 5.32 Å². The summed E-state index contributed by atoms with van der Waals surface area (Å²) in [6.45, 7) is 5.24. The maximum absolute atomic E-state index is 12.8. The van der Waals surface area contributed by atoms with Gasteiger partial charge in [0.15, 0.2) is 0 Å². The Bertz CT molecular complexity index is 534. The Morgan fingerprint density at radius 3 is 2.61 bits per heavy atom. The lowest BCUT2D eigenvalue weighted by Gasteiger charge is -2.08. The first-order valence-electron chi connectivity index (χ1n) is 5.83. The van der Waals surface area contributed by atoms with Crippen molar-refractivity contribution in [1.82, 2.24) is 9.78 Å². The number of anilines is 1. The Kier molecular flexibility index (Phi) is 3.87. The SMILES string of the molecule is CCn1nc(C)c(Cl)c1CNc1ccc(F)cc1. The molecule has 18 heavy (non-hydrogen) atoms. The van der Waals surface area contributed by atoms with Crippen LogP contribution in [-0.4, -0.2) is 9.78 Å². The first kappa shape index (κ1) is 12.9. The van der Waals surface area contributed by atoms with Crippen LogP contribution in [-0.2, 0) is 13.1 Å². The Morgan fingerprint density at radius 2 is 2.00 bits per heavy atom. The normalized spacial score (nSPS) is 10.7. The predicted molar refractivity (Wildman–Crippen MR) is 71.4 cm³/mol. The highest BCUT2D eigenvalue weighted by atomic mass is 35.5. The quantitative estimate of drug-likeness (QED) is 0.917. The monoisotopic (exact) mass is 267 g/mol. The zero-order valence-corrected chi connectivity index (χ0v) is 11.1. The molecule has 0 fully saturated rings. The summed E-state index contributed by atoms with van der Waals surface area (Å²) >= 11 is 6.20. The summed E-state index contributed by atoms with van der Waals surface area (Å²) in [4.78, 5) is 0. The van der Waals surface area contributed by atoms with Gasteiger partial charge in [0.2, 0.25) is 0 Å². The predicted octanol–water partition coefficient (Wildman–Crippen LogP) is 3.62. The molecule has 0 saturated heterocycles. The summed E-state index contributed by atoms with van der Waals surface area (Å²) in [5.41, 5.74) is 2.63. The zero-order chi connectivity index (χ0) is 13.1. The van der Waals surface area contributed by atoms with E-state index in [-0.39, 0.29) is 5.82 Å². The fourth-order valence-electron chi connectivity index (χ4n) is 1.79. The van der Waals surface area contributed by atoms with Crippen LogP contribution in [0.5, 0.6) is 0 Å². The third kappa shape index (κ3) is 2.64. The van der Waals surface area contributed by atoms with Crippen LogP contribution in [0.1, 0.15) is 18.3 Å². The average Bonchev–Trinajstić information content (AvgIpc) is 2.65. The highest BCUT2D eigenvalue weighted by Crippen LogP contribution is 2.21. The van der Waals surface area contributed by atoms with Crippen LogP contribution in [0.15, 0.2) is 24.3 Å². The molecule has 1 N–H and O–H groups in total. The largest absolute Gasteiger partial charge is 0.379 e. The summed E-state index contributed by atoms with van der Waals surface area (Å²) in [5, 5.41) is 8.23. The molecule has 0 spiro atoms. The molecule has 1 aromatic heterocycles. The van der Waals surface area contributed by atoms with Gasteiger partial charge in [-0.1, -0.05) is 11.6 Å². The summed E-state index contributed by atoms with van der Waals surface area (Å²) < 4.78 is 14.6. The van der Waals surface area contributed by atoms with E-state index in [1.807, 2.05) is 18.5 Å². The van der Waals surface area contributed by atoms with Crippen molar-refractivity contribution in [2.75, 3.05) is 5.32 Å². The minimum absolute atomic E-state index is 0.243. The van der Waals surface area contributed by atoms with Crippen LogP contribution in [0.2, 0.25) is 5.02 Å². The van der Waals surface area contributed by atoms with E-state index in [0.717, 1.165) is 23.6 Å². The van der Waals surface area contributed by atoms with E-state index in [1.54, 1.807) is 12.1 Å². The van der Waals surface area contributed by atoms with Gasteiger partial charge in [-0.2, -0.15) is 5.10 Å². The van der Waals surface area contributed by atoms with Crippen LogP contribution in [0.4, 0.5) is 10.1 Å². The third-order valence-electron chi connectivity index (χ3n) is 2.76. The number of rotatable bonds is 4. The maximum Gasteiger partial charge on any atom is 0.123 e. The van der Waals surface area contributed by atoms with Gasteiger partial charge < -0.3 is 5.32 Å². The van der Waals surface area contributed by atoms with E-state index < -0.39 is 0 Å². The van der Waals surface area contributed by atoms with Gasteiger partial charge in [-0.15, -0.1) is 0 Å². The van der Waals surface area contributed by atoms with Gasteiger partial charge in [-0.3, -0.25) is 4.68 Å². The minimum atomic E-state index is -0.243. The fraction of sp³-hybridized carbons (Fsp3) is 0.308. The molecule has 1 heterocycles. The molecule has 0 amide bonds. The Hall–Kier alpha value is -1.55. The van der Waals surface area contributed by atoms with E-state index in [1.165, 1.54) is 12.1 Å². The van der Waals surface area contributed by atoms with Crippen LogP contribution in [0.3, 0.4) is 0 Å². The number of aryl methyl sites for hydroxylation is 2. The molecule has 2 rings (SSSR count). The van der Waals surface area contributed by atoms with E-state index in [9.17, 15) is 4.39 Å². The lowest BCUT2D eigenvalue weighted by molar-refractivity contribution is 0.622. The van der Waals surface area contributed by atoms with Crippen molar-refractivity contribution in [3.63, 3.8) is 0 Å². The summed E-state index contributed by atoms with van der Waals surface area (Å²) in [5.74, 6) is -0.243. The van der Waals surface area contributed by atoms with Gasteiger partial charge >= 0.3 is 0 Å². The molecule has 2 aromatic rings. The zero-order valence-electron chi connectivity index (χ0n) is 10.4. The lowest BCUT2D eigenvalue weighted by Crippen LogP contribution is -2.08. The van der Waals surface area contributed by atoms with Crippen molar-refractivity contribution in [3.05, 3.63) is 46.5 Å². The molecule has 96 valence electrons. The average molecular weight is 268 g/mol. The summed E-state index contributed by atoms with van der Waals surface area (Å²) in [6.07, 6.45) is 0. The molecular formula is C13H15ClFN3. The number of nitrogens with zero attached hydrogens (tertiary/aromatic N) is 2. The summed E-state index contributed by atoms with van der Waals surface area (Å²) in [7, 11) is 0. The number of benzene rings is 1. The van der Waals surface area contributed by atoms with E-state index >= 15 is 0 Å². The summed E-state index contributed by atoms with van der Waals surface area (Å²) in [6, 6.07) is 6.24. The minimum Gasteiger partial charge on any atom is -0.379 e. The van der Waals surface area contributed by atoms with Gasteiger partial charge in [0.1, 0.15) is 5.82 Å². The van der Waals surface area contributed by atoms with E-state index in [4.69, 9.17) is 11.6 Å². The van der Waals surface area contributed by atoms with Crippen molar-refractivity contribution in [1.29, 1.82) is 0 Å². The van der Waals surface area contributed by atoms with Crippen LogP contribution >= 0.6 is 11.6 Å². The molecule has 0 radical (unpaired) electrons. The molecule has 0 aliphatic rings. The standard InChI is InChI=1S/C13H15ClFN3/c1-3-18-12(13(14)9(2)17-18)8-16-11-6-4-10(15)5-7-11/h4-7,16H,3,8H2,1-2H3. The molecule has 0 atom stereocenters. The van der Waals surface area contributed by atoms with Gasteiger partial charge in [0, 0.05) is 12.2 Å². The third-order valence-corrected chi connectivity index (χ3v) is 3.25. The second kappa shape index (κ2) is 5.40. The number of hydrogen-bond donors (Lipinski definition) is 1. The van der Waals surface area contributed by atoms with E-state index in [2.05, 4.69) is 10.4 Å². The van der Waals surface area contributed by atoms with Crippen LogP contribution in [0.25, 0.3) is 0 Å². The molecule has 5 heteroatoms. The van der Waals surface area contributed by atoms with Crippen molar-refractivity contribution < 1.29 is 4.39 Å². The topological polar surface area (TPSA) is 29.9 Å². The Labute approximate surface area is 111 Å². The molecular weight excluding hydrogens is 253 g/mol. The lowest BCUT2D eigenvalue weighted by atomic mass is 10.3. The molecule has 0 aliphatic heterocycles. The Balaban J connectivity index is 2.12. The fourth-order valence-corrected chi connectivity index (χ4v) is 1.99. The van der Waals surface area contributed by atoms with Gasteiger partial charge in [-0.25, -0.2) is 4.39 Å². The van der Waals surface area contributed by atoms with Gasteiger partial charge in [0.25, 0.3) is 0 Å². The molecule has 3 nitrogen and oxygen atoms in total. The molecule has 0 aliphatic carbocycles. The number of halogens is 2. The molecule has 0 bridgehead atoms. The molecule has 1 aromatic carbocycles. The second-order valence-electron chi connectivity index (χ2n) is 4.02. The van der Waals surface area contributed by atoms with Crippen molar-refractivity contribution in [3.8, 4) is 0 Å². The highest BCUT2D eigenvalue weighted by molar-refractivity contribution is 6.31. The molecule has 0 saturated carbocycles. The van der Waals surface area contributed by atoms with Gasteiger partial charge in [0.05, 0.1) is 23.0 Å². The highest BCUT2D eigenvalue weighted by Gasteiger charge is 2.11. The number of hydrogen-bond acceptors (Lipinski definition) is 2. The smallest absolute Gasteiger partial charge is 0.123 e. The Morgan fingerprint density at radius 1 is 1.33 bits per heavy atom. The van der Waals surface area contributed by atoms with Crippen molar-refractivity contribution in [2.24, 2.45) is 0 Å². The molecule has 0 unspecified atom stereocenters. The first-order chi connectivity index (χ1) is 8.61. The van der Waals surface area contributed by atoms with Crippen LogP contribution in [0, 0.1) is 12.7 Å². The second-order valence-corrected chi connectivity index (χ2v) is 4.40. The van der Waals surface area contributed by atoms with Crippen molar-refractivity contribution in [2.45, 2.75) is 26.9 Å². The van der Waals surface area contributed by atoms with Crippen molar-refractivity contribution >= 4 is 17.3 Å². The first-order valence-corrected chi connectivity index (χ1v) is 6.20. The number of nitrogens with one attached hydrogen (secondary N) is 1.